The highest BCUT2D eigenvalue weighted by molar-refractivity contribution is 7.19. The first kappa shape index (κ1) is 20.8. The van der Waals surface area contributed by atoms with E-state index in [1.807, 2.05) is 56.3 Å². The number of anilines is 1. The maximum absolute atomic E-state index is 11.3. The van der Waals surface area contributed by atoms with Gasteiger partial charge in [0.25, 0.3) is 0 Å². The summed E-state index contributed by atoms with van der Waals surface area (Å²) in [6.45, 7) is 4.02. The van der Waals surface area contributed by atoms with Crippen LogP contribution >= 0.6 is 11.3 Å². The molecule has 0 bridgehead atoms. The molecule has 2 N–H and O–H groups in total. The van der Waals surface area contributed by atoms with Crippen molar-refractivity contribution >= 4 is 22.4 Å². The Hall–Kier alpha value is -3.45. The fourth-order valence-electron chi connectivity index (χ4n) is 3.31. The Morgan fingerprint density at radius 3 is 2.39 bits per heavy atom. The first-order chi connectivity index (χ1) is 15.0. The van der Waals surface area contributed by atoms with Crippen molar-refractivity contribution < 1.29 is 14.3 Å². The number of carbonyl (C=O) groups is 1. The van der Waals surface area contributed by atoms with Gasteiger partial charge in [0.1, 0.15) is 0 Å². The molecule has 0 aliphatic carbocycles. The number of benzene rings is 2. The van der Waals surface area contributed by atoms with Gasteiger partial charge in [-0.25, -0.2) is 9.97 Å². The molecule has 2 aromatic heterocycles. The van der Waals surface area contributed by atoms with Gasteiger partial charge in [-0.2, -0.15) is 0 Å². The summed E-state index contributed by atoms with van der Waals surface area (Å²) in [6.07, 6.45) is 3.14. The number of aromatic nitrogens is 2. The Bertz CT molecular complexity index is 1140. The SMILES string of the molecule is CC(C)C(CC(=O)O)Nc1nc(-c2ccc(-c3cnco3)cc2)c(-c2ccccc2)s1. The zero-order chi connectivity index (χ0) is 21.8. The molecule has 0 fully saturated rings. The first-order valence-corrected chi connectivity index (χ1v) is 10.9. The minimum absolute atomic E-state index is 0.0408. The van der Waals surface area contributed by atoms with Gasteiger partial charge in [0.05, 0.1) is 23.2 Å². The normalized spacial score (nSPS) is 12.1. The predicted molar refractivity (Wildman–Crippen MR) is 123 cm³/mol. The second-order valence-corrected chi connectivity index (χ2v) is 8.60. The molecule has 0 spiro atoms. The lowest BCUT2D eigenvalue weighted by Crippen LogP contribution is -2.28. The fourth-order valence-corrected chi connectivity index (χ4v) is 4.37. The van der Waals surface area contributed by atoms with Gasteiger partial charge >= 0.3 is 5.97 Å². The quantitative estimate of drug-likeness (QED) is 0.352. The van der Waals surface area contributed by atoms with Crippen molar-refractivity contribution in [2.75, 3.05) is 5.32 Å². The van der Waals surface area contributed by atoms with E-state index in [9.17, 15) is 9.90 Å². The molecule has 2 heterocycles. The summed E-state index contributed by atoms with van der Waals surface area (Å²) in [7, 11) is 0. The third-order valence-corrected chi connectivity index (χ3v) is 6.08. The number of thiazole rings is 1. The van der Waals surface area contributed by atoms with Crippen molar-refractivity contribution in [3.8, 4) is 33.0 Å². The summed E-state index contributed by atoms with van der Waals surface area (Å²) in [5.74, 6) is 0.0444. The molecule has 7 heteroatoms. The third-order valence-electron chi connectivity index (χ3n) is 5.05. The largest absolute Gasteiger partial charge is 0.481 e. The Labute approximate surface area is 184 Å². The second-order valence-electron chi connectivity index (χ2n) is 7.60. The van der Waals surface area contributed by atoms with Crippen LogP contribution in [0.3, 0.4) is 0 Å². The summed E-state index contributed by atoms with van der Waals surface area (Å²) in [6, 6.07) is 17.9. The van der Waals surface area contributed by atoms with Gasteiger partial charge in [0.15, 0.2) is 17.3 Å². The molecule has 4 aromatic rings. The van der Waals surface area contributed by atoms with Gasteiger partial charge < -0.3 is 14.8 Å². The van der Waals surface area contributed by atoms with Crippen molar-refractivity contribution in [3.05, 3.63) is 67.2 Å². The molecule has 0 saturated heterocycles. The average molecular weight is 434 g/mol. The smallest absolute Gasteiger partial charge is 0.305 e. The Morgan fingerprint density at radius 1 is 1.06 bits per heavy atom. The van der Waals surface area contributed by atoms with E-state index in [-0.39, 0.29) is 18.4 Å². The van der Waals surface area contributed by atoms with Crippen molar-refractivity contribution in [1.82, 2.24) is 9.97 Å². The average Bonchev–Trinajstić information content (AvgIpc) is 3.44. The summed E-state index contributed by atoms with van der Waals surface area (Å²) >= 11 is 1.54. The molecular weight excluding hydrogens is 410 g/mol. The van der Waals surface area contributed by atoms with E-state index in [4.69, 9.17) is 9.40 Å². The molecule has 1 unspecified atom stereocenters. The number of carboxylic acids is 1. The fraction of sp³-hybridized carbons (Fsp3) is 0.208. The summed E-state index contributed by atoms with van der Waals surface area (Å²) in [4.78, 5) is 21.1. The number of oxazole rings is 1. The lowest BCUT2D eigenvalue weighted by molar-refractivity contribution is -0.137. The number of nitrogens with zero attached hydrogens (tertiary/aromatic N) is 2. The Morgan fingerprint density at radius 2 is 1.77 bits per heavy atom. The lowest BCUT2D eigenvalue weighted by Gasteiger charge is -2.19. The second kappa shape index (κ2) is 9.14. The van der Waals surface area contributed by atoms with Crippen LogP contribution in [0.1, 0.15) is 20.3 Å². The highest BCUT2D eigenvalue weighted by atomic mass is 32.1. The lowest BCUT2D eigenvalue weighted by atomic mass is 10.0. The molecule has 31 heavy (non-hydrogen) atoms. The highest BCUT2D eigenvalue weighted by Gasteiger charge is 2.21. The van der Waals surface area contributed by atoms with Crippen LogP contribution in [-0.4, -0.2) is 27.1 Å². The van der Waals surface area contributed by atoms with Crippen LogP contribution in [0.2, 0.25) is 0 Å². The van der Waals surface area contributed by atoms with E-state index in [2.05, 4.69) is 22.4 Å². The van der Waals surface area contributed by atoms with E-state index in [0.29, 0.717) is 10.9 Å². The van der Waals surface area contributed by atoms with Gasteiger partial charge in [-0.15, -0.1) is 0 Å². The van der Waals surface area contributed by atoms with Crippen LogP contribution in [-0.2, 0) is 4.79 Å². The molecule has 0 aliphatic heterocycles. The van der Waals surface area contributed by atoms with Gasteiger partial charge in [-0.3, -0.25) is 4.79 Å². The maximum Gasteiger partial charge on any atom is 0.305 e. The number of hydrogen-bond acceptors (Lipinski definition) is 6. The minimum Gasteiger partial charge on any atom is -0.481 e. The summed E-state index contributed by atoms with van der Waals surface area (Å²) in [5, 5.41) is 13.3. The molecule has 4 rings (SSSR count). The summed E-state index contributed by atoms with van der Waals surface area (Å²) < 4.78 is 5.38. The molecule has 2 aromatic carbocycles. The number of nitrogens with one attached hydrogen (secondary N) is 1. The molecule has 0 saturated carbocycles. The molecular formula is C24H23N3O3S. The predicted octanol–water partition coefficient (Wildman–Crippen LogP) is 6.04. The van der Waals surface area contributed by atoms with Crippen molar-refractivity contribution in [2.24, 2.45) is 5.92 Å². The van der Waals surface area contributed by atoms with Gasteiger partial charge in [-0.05, 0) is 11.5 Å². The molecule has 158 valence electrons. The van der Waals surface area contributed by atoms with E-state index in [1.165, 1.54) is 17.7 Å². The topological polar surface area (TPSA) is 88.2 Å². The van der Waals surface area contributed by atoms with E-state index < -0.39 is 5.97 Å². The molecule has 0 amide bonds. The zero-order valence-corrected chi connectivity index (χ0v) is 18.1. The number of carboxylic acid groups (broad SMARTS) is 1. The Kier molecular flexibility index (Phi) is 6.13. The molecule has 0 aliphatic rings. The maximum atomic E-state index is 11.3. The number of rotatable bonds is 8. The van der Waals surface area contributed by atoms with E-state index in [0.717, 1.165) is 27.3 Å². The van der Waals surface area contributed by atoms with Crippen LogP contribution in [0.5, 0.6) is 0 Å². The van der Waals surface area contributed by atoms with Crippen LogP contribution in [0.15, 0.2) is 71.6 Å². The first-order valence-electron chi connectivity index (χ1n) is 10.0. The van der Waals surface area contributed by atoms with Crippen molar-refractivity contribution in [3.63, 3.8) is 0 Å². The highest BCUT2D eigenvalue weighted by Crippen LogP contribution is 2.40. The van der Waals surface area contributed by atoms with Crippen molar-refractivity contribution in [2.45, 2.75) is 26.3 Å². The standard InChI is InChI=1S/C24H23N3O3S/c1-15(2)19(12-21(28)29)26-24-27-22(23(31-24)18-6-4-3-5-7-18)17-10-8-16(9-11-17)20-13-25-14-30-20/h3-11,13-15,19H,12H2,1-2H3,(H,26,27)(H,28,29). The number of hydrogen-bond donors (Lipinski definition) is 2. The van der Waals surface area contributed by atoms with Crippen molar-refractivity contribution in [1.29, 1.82) is 0 Å². The van der Waals surface area contributed by atoms with Crippen LogP contribution < -0.4 is 5.32 Å². The van der Waals surface area contributed by atoms with E-state index >= 15 is 0 Å². The molecule has 6 nitrogen and oxygen atoms in total. The molecule has 0 radical (unpaired) electrons. The van der Waals surface area contributed by atoms with E-state index in [1.54, 1.807) is 6.20 Å². The monoisotopic (exact) mass is 433 g/mol. The van der Waals surface area contributed by atoms with Gasteiger partial charge in [0.2, 0.25) is 0 Å². The van der Waals surface area contributed by atoms with Crippen LogP contribution in [0.4, 0.5) is 5.13 Å². The third kappa shape index (κ3) is 4.83. The number of aliphatic carboxylic acids is 1. The zero-order valence-electron chi connectivity index (χ0n) is 17.3. The Balaban J connectivity index is 1.71. The van der Waals surface area contributed by atoms with Gasteiger partial charge in [-0.1, -0.05) is 79.8 Å². The summed E-state index contributed by atoms with van der Waals surface area (Å²) in [5.41, 5.74) is 3.85. The molecule has 1 atom stereocenters. The van der Waals surface area contributed by atoms with Crippen LogP contribution in [0.25, 0.3) is 33.0 Å². The van der Waals surface area contributed by atoms with Gasteiger partial charge in [0, 0.05) is 17.2 Å². The van der Waals surface area contributed by atoms with Crippen LogP contribution in [0, 0.1) is 5.92 Å². The minimum atomic E-state index is -0.825.